The minimum absolute atomic E-state index is 0.211. The maximum Gasteiger partial charge on any atom is 0.178 e. The SMILES string of the molecule is O=C(/C=C/c1cn(-c2ccc(Cl)cc2)nn1)/C=C/c1cn(-c2ccc(Cl)cc2)nn1. The predicted molar refractivity (Wildman–Crippen MR) is 116 cm³/mol. The molecule has 0 bridgehead atoms. The van der Waals surface area contributed by atoms with Crippen molar-refractivity contribution >= 4 is 41.1 Å². The molecule has 7 nitrogen and oxygen atoms in total. The van der Waals surface area contributed by atoms with Crippen molar-refractivity contribution in [3.05, 3.63) is 94.5 Å². The zero-order valence-corrected chi connectivity index (χ0v) is 16.9. The number of ketones is 1. The number of allylic oxidation sites excluding steroid dienone is 2. The molecule has 4 aromatic rings. The van der Waals surface area contributed by atoms with Crippen LogP contribution in [0, 0.1) is 0 Å². The third-order valence-electron chi connectivity index (χ3n) is 4.04. The van der Waals surface area contributed by atoms with Crippen LogP contribution in [0.15, 0.2) is 73.1 Å². The highest BCUT2D eigenvalue weighted by Gasteiger charge is 2.03. The van der Waals surface area contributed by atoms with E-state index in [0.29, 0.717) is 21.4 Å². The molecule has 0 saturated carbocycles. The Kier molecular flexibility index (Phi) is 5.83. The van der Waals surface area contributed by atoms with E-state index in [9.17, 15) is 4.79 Å². The van der Waals surface area contributed by atoms with Crippen molar-refractivity contribution in [3.63, 3.8) is 0 Å². The Morgan fingerprint density at radius 1 is 0.700 bits per heavy atom. The molecule has 2 aromatic heterocycles. The second-order valence-electron chi connectivity index (χ2n) is 6.20. The second kappa shape index (κ2) is 8.86. The number of hydrogen-bond donors (Lipinski definition) is 0. The largest absolute Gasteiger partial charge is 0.290 e. The van der Waals surface area contributed by atoms with Gasteiger partial charge in [-0.15, -0.1) is 10.2 Å². The van der Waals surface area contributed by atoms with Gasteiger partial charge >= 0.3 is 0 Å². The molecule has 0 fully saturated rings. The Labute approximate surface area is 181 Å². The average molecular weight is 437 g/mol. The predicted octanol–water partition coefficient (Wildman–Crippen LogP) is 4.45. The smallest absolute Gasteiger partial charge is 0.178 e. The Bertz CT molecular complexity index is 1130. The monoisotopic (exact) mass is 436 g/mol. The molecule has 0 amide bonds. The van der Waals surface area contributed by atoms with E-state index < -0.39 is 0 Å². The summed E-state index contributed by atoms with van der Waals surface area (Å²) in [6.07, 6.45) is 9.45. The van der Waals surface area contributed by atoms with E-state index >= 15 is 0 Å². The minimum atomic E-state index is -0.211. The number of carbonyl (C=O) groups is 1. The van der Waals surface area contributed by atoms with Crippen LogP contribution in [0.3, 0.4) is 0 Å². The molecule has 0 aliphatic rings. The molecule has 0 unspecified atom stereocenters. The number of rotatable bonds is 6. The number of benzene rings is 2. The number of halogens is 2. The molecular formula is C21H14Cl2N6O. The van der Waals surface area contributed by atoms with Crippen molar-refractivity contribution in [1.82, 2.24) is 30.0 Å². The van der Waals surface area contributed by atoms with Gasteiger partial charge in [-0.1, -0.05) is 33.6 Å². The molecular weight excluding hydrogens is 423 g/mol. The average Bonchev–Trinajstić information content (AvgIpc) is 3.42. The lowest BCUT2D eigenvalue weighted by atomic mass is 10.2. The lowest BCUT2D eigenvalue weighted by Gasteiger charge is -1.98. The summed E-state index contributed by atoms with van der Waals surface area (Å²) >= 11 is 11.8. The lowest BCUT2D eigenvalue weighted by Crippen LogP contribution is -1.93. The topological polar surface area (TPSA) is 78.5 Å². The van der Waals surface area contributed by atoms with Gasteiger partial charge in [-0.05, 0) is 72.8 Å². The third-order valence-corrected chi connectivity index (χ3v) is 4.55. The van der Waals surface area contributed by atoms with Crippen LogP contribution < -0.4 is 0 Å². The molecule has 2 heterocycles. The first-order chi connectivity index (χ1) is 14.6. The van der Waals surface area contributed by atoms with Gasteiger partial charge in [-0.3, -0.25) is 4.79 Å². The van der Waals surface area contributed by atoms with Gasteiger partial charge in [0.15, 0.2) is 5.78 Å². The number of hydrogen-bond acceptors (Lipinski definition) is 5. The van der Waals surface area contributed by atoms with E-state index in [0.717, 1.165) is 11.4 Å². The van der Waals surface area contributed by atoms with Crippen molar-refractivity contribution in [1.29, 1.82) is 0 Å². The highest BCUT2D eigenvalue weighted by Crippen LogP contribution is 2.14. The fourth-order valence-corrected chi connectivity index (χ4v) is 2.79. The van der Waals surface area contributed by atoms with Crippen molar-refractivity contribution in [2.75, 3.05) is 0 Å². The third kappa shape index (κ3) is 4.89. The fourth-order valence-electron chi connectivity index (χ4n) is 2.54. The highest BCUT2D eigenvalue weighted by atomic mass is 35.5. The van der Waals surface area contributed by atoms with Crippen LogP contribution in [-0.2, 0) is 4.79 Å². The first kappa shape index (κ1) is 19.8. The van der Waals surface area contributed by atoms with Crippen molar-refractivity contribution < 1.29 is 4.79 Å². The Balaban J connectivity index is 1.39. The van der Waals surface area contributed by atoms with Gasteiger partial charge in [0, 0.05) is 10.0 Å². The highest BCUT2D eigenvalue weighted by molar-refractivity contribution is 6.30. The van der Waals surface area contributed by atoms with Crippen molar-refractivity contribution in [2.45, 2.75) is 0 Å². The quantitative estimate of drug-likeness (QED) is 0.417. The Hall–Kier alpha value is -3.55. The van der Waals surface area contributed by atoms with E-state index in [1.807, 2.05) is 24.3 Å². The van der Waals surface area contributed by atoms with Gasteiger partial charge in [0.25, 0.3) is 0 Å². The van der Waals surface area contributed by atoms with Gasteiger partial charge < -0.3 is 0 Å². The number of carbonyl (C=O) groups excluding carboxylic acids is 1. The van der Waals surface area contributed by atoms with Gasteiger partial charge in [0.1, 0.15) is 11.4 Å². The summed E-state index contributed by atoms with van der Waals surface area (Å²) in [4.78, 5) is 12.1. The second-order valence-corrected chi connectivity index (χ2v) is 7.07. The van der Waals surface area contributed by atoms with Crippen LogP contribution in [0.1, 0.15) is 11.4 Å². The Morgan fingerprint density at radius 2 is 1.10 bits per heavy atom. The summed E-state index contributed by atoms with van der Waals surface area (Å²) in [5, 5.41) is 17.4. The van der Waals surface area contributed by atoms with Crippen molar-refractivity contribution in [3.8, 4) is 11.4 Å². The molecule has 2 aromatic carbocycles. The summed E-state index contributed by atoms with van der Waals surface area (Å²) in [7, 11) is 0. The van der Waals surface area contributed by atoms with Crippen LogP contribution in [0.5, 0.6) is 0 Å². The Morgan fingerprint density at radius 3 is 1.50 bits per heavy atom. The molecule has 0 atom stereocenters. The summed E-state index contributed by atoms with van der Waals surface area (Å²) in [5.74, 6) is -0.211. The maximum atomic E-state index is 12.1. The summed E-state index contributed by atoms with van der Waals surface area (Å²) in [6, 6.07) is 14.4. The van der Waals surface area contributed by atoms with Crippen LogP contribution in [0.2, 0.25) is 10.0 Å². The van der Waals surface area contributed by atoms with E-state index in [1.54, 1.807) is 58.2 Å². The normalized spacial score (nSPS) is 11.5. The molecule has 4 rings (SSSR count). The molecule has 0 aliphatic carbocycles. The van der Waals surface area contributed by atoms with Gasteiger partial charge in [0.05, 0.1) is 23.8 Å². The minimum Gasteiger partial charge on any atom is -0.290 e. The molecule has 30 heavy (non-hydrogen) atoms. The van der Waals surface area contributed by atoms with E-state index in [1.165, 1.54) is 12.2 Å². The van der Waals surface area contributed by atoms with Crippen LogP contribution in [0.25, 0.3) is 23.5 Å². The first-order valence-electron chi connectivity index (χ1n) is 8.83. The van der Waals surface area contributed by atoms with E-state index in [-0.39, 0.29) is 5.78 Å². The number of nitrogens with zero attached hydrogens (tertiary/aromatic N) is 6. The van der Waals surface area contributed by atoms with Gasteiger partial charge in [-0.25, -0.2) is 9.36 Å². The van der Waals surface area contributed by atoms with Crippen LogP contribution in [0.4, 0.5) is 0 Å². The van der Waals surface area contributed by atoms with E-state index in [4.69, 9.17) is 23.2 Å². The summed E-state index contributed by atoms with van der Waals surface area (Å²) in [5.41, 5.74) is 2.75. The fraction of sp³-hybridized carbons (Fsp3) is 0. The van der Waals surface area contributed by atoms with Gasteiger partial charge in [0.2, 0.25) is 0 Å². The van der Waals surface area contributed by atoms with E-state index in [2.05, 4.69) is 20.6 Å². The summed E-state index contributed by atoms with van der Waals surface area (Å²) < 4.78 is 3.21. The van der Waals surface area contributed by atoms with Gasteiger partial charge in [-0.2, -0.15) is 0 Å². The van der Waals surface area contributed by atoms with Crippen LogP contribution >= 0.6 is 23.2 Å². The standard InChI is InChI=1S/C21H14Cl2N6O/c22-15-1-7-19(8-2-15)28-13-17(24-26-28)5-11-21(30)12-6-18-14-29(27-25-18)20-9-3-16(23)4-10-20/h1-14H/b11-5+,12-6+. The lowest BCUT2D eigenvalue weighted by molar-refractivity contribution is -0.110. The first-order valence-corrected chi connectivity index (χ1v) is 9.59. The molecule has 0 aliphatic heterocycles. The van der Waals surface area contributed by atoms with Crippen molar-refractivity contribution in [2.24, 2.45) is 0 Å². The molecule has 148 valence electrons. The maximum absolute atomic E-state index is 12.1. The summed E-state index contributed by atoms with van der Waals surface area (Å²) in [6.45, 7) is 0. The van der Waals surface area contributed by atoms with Crippen LogP contribution in [-0.4, -0.2) is 35.8 Å². The zero-order valence-electron chi connectivity index (χ0n) is 15.4. The number of aromatic nitrogens is 6. The molecule has 0 saturated heterocycles. The molecule has 0 radical (unpaired) electrons. The molecule has 0 spiro atoms. The zero-order chi connectivity index (χ0) is 20.9. The molecule has 9 heteroatoms. The molecule has 0 N–H and O–H groups in total.